The summed E-state index contributed by atoms with van der Waals surface area (Å²) in [4.78, 5) is 0. The molecule has 0 heterocycles. The van der Waals surface area contributed by atoms with Gasteiger partial charge >= 0.3 is 5.38 Å². The van der Waals surface area contributed by atoms with Gasteiger partial charge in [0.1, 0.15) is 17.2 Å². The van der Waals surface area contributed by atoms with Crippen LogP contribution < -0.4 is 0 Å². The summed E-state index contributed by atoms with van der Waals surface area (Å²) in [7, 11) is 0. The Labute approximate surface area is 214 Å². The molecule has 3 saturated carbocycles. The van der Waals surface area contributed by atoms with Crippen molar-refractivity contribution < 1.29 is 17.6 Å². The van der Waals surface area contributed by atoms with Crippen molar-refractivity contribution >= 4 is 11.6 Å². The molecule has 5 heteroatoms. The Morgan fingerprint density at radius 3 is 1.49 bits per heavy atom. The molecule has 1 aromatic rings. The smallest absolute Gasteiger partial charge is 0.206 e. The van der Waals surface area contributed by atoms with Gasteiger partial charge in [0, 0.05) is 0 Å². The molecule has 0 aromatic heterocycles. The molecule has 0 nitrogen and oxygen atoms in total. The third kappa shape index (κ3) is 7.17. The van der Waals surface area contributed by atoms with Gasteiger partial charge in [0.25, 0.3) is 0 Å². The van der Waals surface area contributed by atoms with Crippen LogP contribution in [0.4, 0.5) is 17.6 Å². The summed E-state index contributed by atoms with van der Waals surface area (Å²) >= 11 is 4.87. The van der Waals surface area contributed by atoms with E-state index in [1.54, 1.807) is 0 Å². The lowest BCUT2D eigenvalue weighted by Crippen LogP contribution is -2.26. The predicted octanol–water partition coefficient (Wildman–Crippen LogP) is 10.7. The average Bonchev–Trinajstić information content (AvgIpc) is 2.83. The minimum absolute atomic E-state index is 0.0381. The van der Waals surface area contributed by atoms with E-state index >= 15 is 0 Å². The number of hydrogen-bond acceptors (Lipinski definition) is 0. The highest BCUT2D eigenvalue weighted by atomic mass is 35.5. The molecule has 3 fully saturated rings. The van der Waals surface area contributed by atoms with Gasteiger partial charge in [-0.2, -0.15) is 8.78 Å². The number of alkyl halides is 3. The molecule has 0 aliphatic heterocycles. The molecule has 0 amide bonds. The van der Waals surface area contributed by atoms with Gasteiger partial charge in [-0.3, -0.25) is 0 Å². The maximum atomic E-state index is 14.2. The molecular formula is C30H43ClF4. The maximum Gasteiger partial charge on any atom is 0.353 e. The minimum atomic E-state index is -4.03. The summed E-state index contributed by atoms with van der Waals surface area (Å²) in [5, 5.41) is -4.03. The van der Waals surface area contributed by atoms with Crippen LogP contribution in [0.1, 0.15) is 127 Å². The minimum Gasteiger partial charge on any atom is -0.206 e. The van der Waals surface area contributed by atoms with Crippen molar-refractivity contribution in [2.45, 2.75) is 121 Å². The summed E-state index contributed by atoms with van der Waals surface area (Å²) in [5.74, 6) is 2.05. The Bertz CT molecular complexity index is 772. The van der Waals surface area contributed by atoms with E-state index in [2.05, 4.69) is 6.92 Å². The Balaban J connectivity index is 1.16. The molecule has 0 saturated heterocycles. The van der Waals surface area contributed by atoms with Crippen molar-refractivity contribution in [3.05, 3.63) is 34.9 Å². The molecule has 0 atom stereocenters. The van der Waals surface area contributed by atoms with Crippen LogP contribution in [-0.4, -0.2) is 0 Å². The Morgan fingerprint density at radius 1 is 0.686 bits per heavy atom. The second-order valence-electron chi connectivity index (χ2n) is 12.0. The predicted molar refractivity (Wildman–Crippen MR) is 136 cm³/mol. The van der Waals surface area contributed by atoms with E-state index in [1.165, 1.54) is 77.0 Å². The highest BCUT2D eigenvalue weighted by Crippen LogP contribution is 2.45. The molecular weight excluding hydrogens is 472 g/mol. The fourth-order valence-electron chi connectivity index (χ4n) is 7.66. The van der Waals surface area contributed by atoms with E-state index in [9.17, 15) is 17.6 Å². The summed E-state index contributed by atoms with van der Waals surface area (Å²) in [6, 6.07) is 2.13. The van der Waals surface area contributed by atoms with Crippen molar-refractivity contribution in [2.75, 3.05) is 0 Å². The van der Waals surface area contributed by atoms with E-state index in [0.29, 0.717) is 11.5 Å². The Kier molecular flexibility index (Phi) is 9.49. The van der Waals surface area contributed by atoms with Gasteiger partial charge in [0.15, 0.2) is 0 Å². The molecule has 198 valence electrons. The van der Waals surface area contributed by atoms with Crippen molar-refractivity contribution in [1.82, 2.24) is 0 Å². The molecule has 1 aromatic carbocycles. The highest BCUT2D eigenvalue weighted by Gasteiger charge is 2.36. The third-order valence-corrected chi connectivity index (χ3v) is 9.98. The number of benzene rings is 1. The SMILES string of the molecule is CCCC1CCC(C2CCC(CCC3CCC(c4cc(F)c(C(F)(F)Cl)c(F)c4)CC3)CC2)CC1. The van der Waals surface area contributed by atoms with E-state index in [1.807, 2.05) is 0 Å². The summed E-state index contributed by atoms with van der Waals surface area (Å²) in [6.45, 7) is 2.31. The van der Waals surface area contributed by atoms with Crippen LogP contribution in [0.2, 0.25) is 0 Å². The van der Waals surface area contributed by atoms with Crippen molar-refractivity contribution in [1.29, 1.82) is 0 Å². The molecule has 0 N–H and O–H groups in total. The van der Waals surface area contributed by atoms with Crippen molar-refractivity contribution in [3.63, 3.8) is 0 Å². The van der Waals surface area contributed by atoms with Crippen molar-refractivity contribution in [2.24, 2.45) is 29.6 Å². The lowest BCUT2D eigenvalue weighted by atomic mass is 9.68. The fraction of sp³-hybridized carbons (Fsp3) is 0.800. The van der Waals surface area contributed by atoms with Gasteiger partial charge in [0.2, 0.25) is 0 Å². The summed E-state index contributed by atoms with van der Waals surface area (Å²) in [5.41, 5.74) is -0.847. The van der Waals surface area contributed by atoms with E-state index < -0.39 is 22.6 Å². The first-order valence-electron chi connectivity index (χ1n) is 14.3. The molecule has 3 aliphatic rings. The summed E-state index contributed by atoms with van der Waals surface area (Å²) in [6.07, 6.45) is 20.7. The average molecular weight is 515 g/mol. The highest BCUT2D eigenvalue weighted by molar-refractivity contribution is 6.21. The normalized spacial score (nSPS) is 32.5. The van der Waals surface area contributed by atoms with Gasteiger partial charge in [-0.15, -0.1) is 0 Å². The fourth-order valence-corrected chi connectivity index (χ4v) is 7.84. The second-order valence-corrected chi connectivity index (χ2v) is 12.5. The Hall–Kier alpha value is -0.770. The van der Waals surface area contributed by atoms with Crippen LogP contribution in [0.5, 0.6) is 0 Å². The van der Waals surface area contributed by atoms with Crippen LogP contribution in [0.15, 0.2) is 12.1 Å². The van der Waals surface area contributed by atoms with Crippen LogP contribution in [-0.2, 0) is 5.38 Å². The number of hydrogen-bond donors (Lipinski definition) is 0. The molecule has 0 unspecified atom stereocenters. The monoisotopic (exact) mass is 514 g/mol. The van der Waals surface area contributed by atoms with Gasteiger partial charge in [0.05, 0.1) is 0 Å². The van der Waals surface area contributed by atoms with Crippen LogP contribution in [0, 0.1) is 41.2 Å². The molecule has 0 spiro atoms. The van der Waals surface area contributed by atoms with Crippen LogP contribution in [0.3, 0.4) is 0 Å². The standard InChI is InChI=1S/C30H43ClF4/c1-2-3-20-6-12-23(13-7-20)24-14-8-21(9-15-24)4-5-22-10-16-25(17-11-22)26-18-27(32)29(28(33)19-26)30(31,34)35/h18-25H,2-17H2,1H3. The van der Waals surface area contributed by atoms with E-state index in [4.69, 9.17) is 11.6 Å². The first-order chi connectivity index (χ1) is 16.7. The molecule has 3 aliphatic carbocycles. The van der Waals surface area contributed by atoms with Gasteiger partial charge in [-0.1, -0.05) is 58.3 Å². The lowest BCUT2D eigenvalue weighted by Gasteiger charge is -2.38. The maximum absolute atomic E-state index is 14.2. The molecule has 4 rings (SSSR count). The van der Waals surface area contributed by atoms with E-state index in [-0.39, 0.29) is 5.92 Å². The molecule has 0 bridgehead atoms. The largest absolute Gasteiger partial charge is 0.353 e. The summed E-state index contributed by atoms with van der Waals surface area (Å²) < 4.78 is 54.9. The number of rotatable bonds is 8. The Morgan fingerprint density at radius 2 is 1.09 bits per heavy atom. The van der Waals surface area contributed by atoms with Crippen LogP contribution >= 0.6 is 11.6 Å². The second kappa shape index (κ2) is 12.2. The quantitative estimate of drug-likeness (QED) is 0.239. The number of halogens is 5. The van der Waals surface area contributed by atoms with Crippen molar-refractivity contribution in [3.8, 4) is 0 Å². The first kappa shape index (κ1) is 27.3. The topological polar surface area (TPSA) is 0 Å². The van der Waals surface area contributed by atoms with Gasteiger partial charge in [-0.05, 0) is 116 Å². The van der Waals surface area contributed by atoms with E-state index in [0.717, 1.165) is 61.5 Å². The third-order valence-electron chi connectivity index (χ3n) is 9.80. The van der Waals surface area contributed by atoms with Crippen LogP contribution in [0.25, 0.3) is 0 Å². The first-order valence-corrected chi connectivity index (χ1v) is 14.7. The zero-order valence-electron chi connectivity index (χ0n) is 21.3. The lowest BCUT2D eigenvalue weighted by molar-refractivity contribution is 0.0857. The molecule has 35 heavy (non-hydrogen) atoms. The van der Waals surface area contributed by atoms with Gasteiger partial charge < -0.3 is 0 Å². The zero-order chi connectivity index (χ0) is 25.0. The molecule has 0 radical (unpaired) electrons. The van der Waals surface area contributed by atoms with Gasteiger partial charge in [-0.25, -0.2) is 8.78 Å². The zero-order valence-corrected chi connectivity index (χ0v) is 22.1.